The van der Waals surface area contributed by atoms with Crippen LogP contribution in [-0.2, 0) is 18.3 Å². The molecule has 1 aromatic heterocycles. The van der Waals surface area contributed by atoms with Crippen molar-refractivity contribution in [2.24, 2.45) is 18.0 Å². The van der Waals surface area contributed by atoms with Gasteiger partial charge in [-0.1, -0.05) is 44.2 Å². The number of benzene rings is 1. The molecule has 172 valence electrons. The molecular formula is C24H38IN5O. The molecule has 3 rings (SSSR count). The van der Waals surface area contributed by atoms with Gasteiger partial charge in [-0.2, -0.15) is 5.10 Å². The molecule has 6 nitrogen and oxygen atoms in total. The SMILES string of the molecule is CCNC(=NCC1CCCOC1c1ccccc1)N(C)Cc1cn(C)nc1C(C)C.I. The van der Waals surface area contributed by atoms with Crippen molar-refractivity contribution in [3.63, 3.8) is 0 Å². The van der Waals surface area contributed by atoms with Gasteiger partial charge in [-0.3, -0.25) is 9.67 Å². The molecule has 1 saturated heterocycles. The van der Waals surface area contributed by atoms with E-state index in [1.54, 1.807) is 0 Å². The van der Waals surface area contributed by atoms with Gasteiger partial charge >= 0.3 is 0 Å². The number of halogens is 1. The van der Waals surface area contributed by atoms with Crippen LogP contribution in [0.4, 0.5) is 0 Å². The number of nitrogens with zero attached hydrogens (tertiary/aromatic N) is 4. The minimum absolute atomic E-state index is 0. The Balaban J connectivity index is 0.00000341. The van der Waals surface area contributed by atoms with Gasteiger partial charge in [-0.15, -0.1) is 24.0 Å². The monoisotopic (exact) mass is 539 g/mol. The summed E-state index contributed by atoms with van der Waals surface area (Å²) in [5.74, 6) is 1.74. The molecule has 1 N–H and O–H groups in total. The molecule has 31 heavy (non-hydrogen) atoms. The first-order valence-electron chi connectivity index (χ1n) is 11.2. The standard InChI is InChI=1S/C24H37N5O.HI/c1-6-25-24(28(4)16-21-17-29(5)27-22(21)18(2)3)26-15-20-13-10-14-30-23(20)19-11-8-7-9-12-19;/h7-9,11-12,17-18,20,23H,6,10,13-16H2,1-5H3,(H,25,26);1H. The highest BCUT2D eigenvalue weighted by molar-refractivity contribution is 14.0. The Bertz CT molecular complexity index is 821. The van der Waals surface area contributed by atoms with Crippen LogP contribution < -0.4 is 5.32 Å². The largest absolute Gasteiger partial charge is 0.373 e. The minimum Gasteiger partial charge on any atom is -0.373 e. The zero-order chi connectivity index (χ0) is 21.5. The Hall–Kier alpha value is -1.61. The van der Waals surface area contributed by atoms with Crippen LogP contribution in [0.3, 0.4) is 0 Å². The highest BCUT2D eigenvalue weighted by atomic mass is 127. The van der Waals surface area contributed by atoms with Crippen molar-refractivity contribution in [2.45, 2.75) is 52.2 Å². The topological polar surface area (TPSA) is 54.7 Å². The zero-order valence-corrected chi connectivity index (χ0v) is 21.9. The van der Waals surface area contributed by atoms with Crippen molar-refractivity contribution < 1.29 is 4.74 Å². The number of nitrogens with one attached hydrogen (secondary N) is 1. The molecule has 7 heteroatoms. The van der Waals surface area contributed by atoms with Gasteiger partial charge in [0.2, 0.25) is 0 Å². The van der Waals surface area contributed by atoms with E-state index in [0.29, 0.717) is 11.8 Å². The fraction of sp³-hybridized carbons (Fsp3) is 0.583. The molecule has 2 aromatic rings. The third-order valence-electron chi connectivity index (χ3n) is 5.64. The predicted octanol–water partition coefficient (Wildman–Crippen LogP) is 4.73. The van der Waals surface area contributed by atoms with Gasteiger partial charge in [-0.05, 0) is 31.2 Å². The molecule has 2 unspecified atom stereocenters. The number of guanidine groups is 1. The fourth-order valence-corrected chi connectivity index (χ4v) is 4.21. The Kier molecular flexibility index (Phi) is 10.3. The summed E-state index contributed by atoms with van der Waals surface area (Å²) in [6.45, 7) is 9.72. The second-order valence-electron chi connectivity index (χ2n) is 8.52. The molecule has 0 radical (unpaired) electrons. The molecular weight excluding hydrogens is 501 g/mol. The maximum Gasteiger partial charge on any atom is 0.193 e. The highest BCUT2D eigenvalue weighted by Crippen LogP contribution is 2.33. The van der Waals surface area contributed by atoms with Gasteiger partial charge in [0, 0.05) is 58.0 Å². The molecule has 0 bridgehead atoms. The van der Waals surface area contributed by atoms with Crippen molar-refractivity contribution in [1.82, 2.24) is 20.0 Å². The lowest BCUT2D eigenvalue weighted by Crippen LogP contribution is -2.39. The predicted molar refractivity (Wildman–Crippen MR) is 138 cm³/mol. The molecule has 2 heterocycles. The number of aliphatic imine (C=N–C) groups is 1. The summed E-state index contributed by atoms with van der Waals surface area (Å²) in [5, 5.41) is 8.10. The molecule has 0 aliphatic carbocycles. The number of rotatable bonds is 7. The minimum atomic E-state index is 0. The molecule has 0 spiro atoms. The number of hydrogen-bond donors (Lipinski definition) is 1. The summed E-state index contributed by atoms with van der Waals surface area (Å²) in [6.07, 6.45) is 4.49. The second kappa shape index (κ2) is 12.4. The van der Waals surface area contributed by atoms with E-state index >= 15 is 0 Å². The van der Waals surface area contributed by atoms with Gasteiger partial charge in [0.15, 0.2) is 5.96 Å². The summed E-state index contributed by atoms with van der Waals surface area (Å²) < 4.78 is 8.06. The average Bonchev–Trinajstić information content (AvgIpc) is 3.12. The second-order valence-corrected chi connectivity index (χ2v) is 8.52. The van der Waals surface area contributed by atoms with Gasteiger partial charge in [0.1, 0.15) is 0 Å². The van der Waals surface area contributed by atoms with Crippen LogP contribution >= 0.6 is 24.0 Å². The van der Waals surface area contributed by atoms with E-state index in [2.05, 4.69) is 79.7 Å². The quantitative estimate of drug-likeness (QED) is 0.314. The summed E-state index contributed by atoms with van der Waals surface area (Å²) in [6, 6.07) is 10.6. The summed E-state index contributed by atoms with van der Waals surface area (Å²) >= 11 is 0. The maximum absolute atomic E-state index is 6.16. The summed E-state index contributed by atoms with van der Waals surface area (Å²) in [4.78, 5) is 7.22. The van der Waals surface area contributed by atoms with Crippen molar-refractivity contribution in [1.29, 1.82) is 0 Å². The van der Waals surface area contributed by atoms with E-state index < -0.39 is 0 Å². The van der Waals surface area contributed by atoms with Crippen molar-refractivity contribution >= 4 is 29.9 Å². The van der Waals surface area contributed by atoms with E-state index in [9.17, 15) is 0 Å². The highest BCUT2D eigenvalue weighted by Gasteiger charge is 2.27. The molecule has 1 aliphatic rings. The molecule has 2 atom stereocenters. The van der Waals surface area contributed by atoms with E-state index in [4.69, 9.17) is 9.73 Å². The third kappa shape index (κ3) is 6.94. The molecule has 0 amide bonds. The van der Waals surface area contributed by atoms with Gasteiger partial charge in [0.25, 0.3) is 0 Å². The van der Waals surface area contributed by atoms with Gasteiger partial charge in [0.05, 0.1) is 11.8 Å². The number of ether oxygens (including phenoxy) is 1. The maximum atomic E-state index is 6.16. The van der Waals surface area contributed by atoms with Crippen molar-refractivity contribution in [3.05, 3.63) is 53.3 Å². The van der Waals surface area contributed by atoms with Crippen LogP contribution in [0.5, 0.6) is 0 Å². The smallest absolute Gasteiger partial charge is 0.193 e. The Morgan fingerprint density at radius 2 is 2.06 bits per heavy atom. The summed E-state index contributed by atoms with van der Waals surface area (Å²) in [5.41, 5.74) is 3.67. The van der Waals surface area contributed by atoms with Crippen LogP contribution in [0.2, 0.25) is 0 Å². The molecule has 0 saturated carbocycles. The van der Waals surface area contributed by atoms with E-state index in [1.165, 1.54) is 11.1 Å². The first kappa shape index (κ1) is 25.6. The van der Waals surface area contributed by atoms with Gasteiger partial charge < -0.3 is 15.0 Å². The summed E-state index contributed by atoms with van der Waals surface area (Å²) in [7, 11) is 4.09. The first-order valence-corrected chi connectivity index (χ1v) is 11.2. The van der Waals surface area contributed by atoms with Crippen molar-refractivity contribution in [2.75, 3.05) is 26.7 Å². The Morgan fingerprint density at radius 3 is 2.74 bits per heavy atom. The molecule has 1 aliphatic heterocycles. The lowest BCUT2D eigenvalue weighted by molar-refractivity contribution is -0.0250. The van der Waals surface area contributed by atoms with Crippen LogP contribution in [0.15, 0.2) is 41.5 Å². The van der Waals surface area contributed by atoms with Crippen LogP contribution in [0, 0.1) is 5.92 Å². The lowest BCUT2D eigenvalue weighted by Gasteiger charge is -2.32. The van der Waals surface area contributed by atoms with E-state index in [-0.39, 0.29) is 30.1 Å². The number of aromatic nitrogens is 2. The van der Waals surface area contributed by atoms with Crippen LogP contribution in [-0.4, -0.2) is 47.4 Å². The molecule has 1 aromatic carbocycles. The fourth-order valence-electron chi connectivity index (χ4n) is 4.21. The molecule has 1 fully saturated rings. The van der Waals surface area contributed by atoms with E-state index in [1.807, 2.05) is 11.7 Å². The Morgan fingerprint density at radius 1 is 1.32 bits per heavy atom. The van der Waals surface area contributed by atoms with Crippen molar-refractivity contribution in [3.8, 4) is 0 Å². The Labute approximate surface area is 204 Å². The van der Waals surface area contributed by atoms with Crippen LogP contribution in [0.25, 0.3) is 0 Å². The third-order valence-corrected chi connectivity index (χ3v) is 5.64. The average molecular weight is 540 g/mol. The number of hydrogen-bond acceptors (Lipinski definition) is 3. The van der Waals surface area contributed by atoms with Crippen LogP contribution in [0.1, 0.15) is 62.5 Å². The first-order chi connectivity index (χ1) is 14.5. The number of aryl methyl sites for hydroxylation is 1. The van der Waals surface area contributed by atoms with Gasteiger partial charge in [-0.25, -0.2) is 0 Å². The lowest BCUT2D eigenvalue weighted by atomic mass is 9.89. The zero-order valence-electron chi connectivity index (χ0n) is 19.5. The van der Waals surface area contributed by atoms with E-state index in [0.717, 1.165) is 50.7 Å². The normalized spacial score (nSPS) is 19.2.